The molecule has 5 nitrogen and oxygen atoms in total. The molecule has 1 aliphatic rings. The molecule has 2 atom stereocenters. The Morgan fingerprint density at radius 1 is 1.10 bits per heavy atom. The lowest BCUT2D eigenvalue weighted by Crippen LogP contribution is -2.45. The van der Waals surface area contributed by atoms with Crippen LogP contribution in [0.1, 0.15) is 31.4 Å². The van der Waals surface area contributed by atoms with E-state index in [1.165, 1.54) is 21.9 Å². The lowest BCUT2D eigenvalue weighted by molar-refractivity contribution is -0.126. The van der Waals surface area contributed by atoms with Gasteiger partial charge in [0.1, 0.15) is 0 Å². The number of aromatic nitrogens is 1. The van der Waals surface area contributed by atoms with Crippen LogP contribution in [0.25, 0.3) is 10.8 Å². The molecule has 0 radical (unpaired) electrons. The van der Waals surface area contributed by atoms with Crippen molar-refractivity contribution in [3.63, 3.8) is 0 Å². The van der Waals surface area contributed by atoms with E-state index in [9.17, 15) is 4.79 Å². The largest absolute Gasteiger partial charge is 0.353 e. The first kappa shape index (κ1) is 20.5. The third kappa shape index (κ3) is 4.86. The molecule has 1 saturated heterocycles. The molecule has 1 aromatic heterocycles. The van der Waals surface area contributed by atoms with Gasteiger partial charge >= 0.3 is 0 Å². The molecule has 1 aliphatic heterocycles. The van der Waals surface area contributed by atoms with Crippen molar-refractivity contribution in [2.45, 2.75) is 51.5 Å². The Hall–Kier alpha value is -2.76. The van der Waals surface area contributed by atoms with E-state index >= 15 is 0 Å². The second-order valence-corrected chi connectivity index (χ2v) is 8.42. The Morgan fingerprint density at radius 2 is 1.87 bits per heavy atom. The Kier molecular flexibility index (Phi) is 6.41. The fourth-order valence-electron chi connectivity index (χ4n) is 4.29. The maximum atomic E-state index is 13.0. The van der Waals surface area contributed by atoms with Crippen LogP contribution in [-0.4, -0.2) is 40.5 Å². The maximum absolute atomic E-state index is 13.0. The van der Waals surface area contributed by atoms with Crippen LogP contribution in [0, 0.1) is 0 Å². The van der Waals surface area contributed by atoms with Crippen molar-refractivity contribution in [3.05, 3.63) is 78.1 Å². The van der Waals surface area contributed by atoms with Crippen molar-refractivity contribution < 1.29 is 4.79 Å². The zero-order valence-electron chi connectivity index (χ0n) is 17.7. The number of hydrogen-bond donors (Lipinski definition) is 2. The number of nitrogens with one attached hydrogen (secondary N) is 2. The van der Waals surface area contributed by atoms with Gasteiger partial charge in [-0.2, -0.15) is 0 Å². The van der Waals surface area contributed by atoms with Gasteiger partial charge in [0, 0.05) is 44.1 Å². The molecule has 1 amide bonds. The van der Waals surface area contributed by atoms with Crippen molar-refractivity contribution >= 4 is 16.7 Å². The van der Waals surface area contributed by atoms with Gasteiger partial charge in [-0.25, -0.2) is 0 Å². The molecule has 0 saturated carbocycles. The number of carbonyl (C=O) groups excluding carboxylic acids is 1. The van der Waals surface area contributed by atoms with Crippen LogP contribution in [0.5, 0.6) is 0 Å². The van der Waals surface area contributed by atoms with E-state index < -0.39 is 0 Å². The number of rotatable bonds is 7. The molecule has 0 bridgehead atoms. The van der Waals surface area contributed by atoms with Gasteiger partial charge < -0.3 is 10.6 Å². The summed E-state index contributed by atoms with van der Waals surface area (Å²) in [5.74, 6) is 0.124. The fraction of sp³-hybridized carbons (Fsp3) is 0.360. The number of nitrogens with zero attached hydrogens (tertiary/aromatic N) is 2. The van der Waals surface area contributed by atoms with Crippen molar-refractivity contribution in [1.29, 1.82) is 0 Å². The van der Waals surface area contributed by atoms with Crippen LogP contribution in [0.3, 0.4) is 0 Å². The quantitative estimate of drug-likeness (QED) is 0.635. The second kappa shape index (κ2) is 9.37. The van der Waals surface area contributed by atoms with E-state index in [2.05, 4.69) is 63.0 Å². The average Bonchev–Trinajstić information content (AvgIpc) is 3.16. The SMILES string of the molecule is CC(C)NC(=O)[C@@H]1C[C@H](NCc2ccncc2)CN1Cc1cccc2ccccc12. The molecule has 5 heteroatoms. The Balaban J connectivity index is 1.51. The topological polar surface area (TPSA) is 57.3 Å². The van der Waals surface area contributed by atoms with Crippen molar-refractivity contribution in [3.8, 4) is 0 Å². The number of pyridine rings is 1. The smallest absolute Gasteiger partial charge is 0.237 e. The zero-order valence-corrected chi connectivity index (χ0v) is 17.7. The highest BCUT2D eigenvalue weighted by Gasteiger charge is 2.36. The molecule has 4 rings (SSSR count). The van der Waals surface area contributed by atoms with Crippen molar-refractivity contribution in [1.82, 2.24) is 20.5 Å². The van der Waals surface area contributed by atoms with Gasteiger partial charge in [-0.05, 0) is 54.3 Å². The van der Waals surface area contributed by atoms with E-state index in [0.717, 1.165) is 26.1 Å². The number of likely N-dealkylation sites (tertiary alicyclic amines) is 1. The van der Waals surface area contributed by atoms with E-state index in [1.807, 2.05) is 38.4 Å². The fourth-order valence-corrected chi connectivity index (χ4v) is 4.29. The molecule has 1 fully saturated rings. The molecule has 2 N–H and O–H groups in total. The number of benzene rings is 2. The third-order valence-corrected chi connectivity index (χ3v) is 5.73. The number of amides is 1. The monoisotopic (exact) mass is 402 g/mol. The van der Waals surface area contributed by atoms with Crippen molar-refractivity contribution in [2.75, 3.05) is 6.54 Å². The lowest BCUT2D eigenvalue weighted by Gasteiger charge is -2.25. The van der Waals surface area contributed by atoms with Crippen LogP contribution >= 0.6 is 0 Å². The summed E-state index contributed by atoms with van der Waals surface area (Å²) in [7, 11) is 0. The first-order chi connectivity index (χ1) is 14.6. The third-order valence-electron chi connectivity index (χ3n) is 5.73. The van der Waals surface area contributed by atoms with E-state index in [4.69, 9.17) is 0 Å². The Morgan fingerprint density at radius 3 is 2.67 bits per heavy atom. The molecule has 0 spiro atoms. The highest BCUT2D eigenvalue weighted by molar-refractivity contribution is 5.86. The van der Waals surface area contributed by atoms with Crippen LogP contribution < -0.4 is 10.6 Å². The van der Waals surface area contributed by atoms with Gasteiger partial charge in [0.05, 0.1) is 6.04 Å². The predicted molar refractivity (Wildman–Crippen MR) is 121 cm³/mol. The summed E-state index contributed by atoms with van der Waals surface area (Å²) in [4.78, 5) is 19.4. The molecule has 30 heavy (non-hydrogen) atoms. The van der Waals surface area contributed by atoms with E-state index in [-0.39, 0.29) is 24.0 Å². The molecule has 0 aliphatic carbocycles. The van der Waals surface area contributed by atoms with Gasteiger partial charge in [-0.15, -0.1) is 0 Å². The summed E-state index contributed by atoms with van der Waals surface area (Å²) in [5.41, 5.74) is 2.48. The second-order valence-electron chi connectivity index (χ2n) is 8.42. The summed E-state index contributed by atoms with van der Waals surface area (Å²) in [6.07, 6.45) is 4.45. The van der Waals surface area contributed by atoms with Crippen LogP contribution in [0.4, 0.5) is 0 Å². The van der Waals surface area contributed by atoms with Gasteiger partial charge in [-0.3, -0.25) is 14.7 Å². The number of carbonyl (C=O) groups is 1. The first-order valence-corrected chi connectivity index (χ1v) is 10.7. The summed E-state index contributed by atoms with van der Waals surface area (Å²) >= 11 is 0. The van der Waals surface area contributed by atoms with Gasteiger partial charge in [-0.1, -0.05) is 42.5 Å². The first-order valence-electron chi connectivity index (χ1n) is 10.7. The minimum absolute atomic E-state index is 0.124. The molecule has 156 valence electrons. The minimum atomic E-state index is -0.124. The molecular weight excluding hydrogens is 372 g/mol. The maximum Gasteiger partial charge on any atom is 0.237 e. The predicted octanol–water partition coefficient (Wildman–Crippen LogP) is 3.49. The standard InChI is InChI=1S/C25H30N4O/c1-18(2)28-25(30)24-14-22(27-15-19-10-12-26-13-11-19)17-29(24)16-21-8-5-7-20-6-3-4-9-23(20)21/h3-13,18,22,24,27H,14-17H2,1-2H3,(H,28,30)/t22-,24-/m0/s1. The van der Waals surface area contributed by atoms with Gasteiger partial charge in [0.15, 0.2) is 0 Å². The highest BCUT2D eigenvalue weighted by Crippen LogP contribution is 2.25. The molecule has 2 aromatic carbocycles. The Bertz CT molecular complexity index is 983. The van der Waals surface area contributed by atoms with E-state index in [1.54, 1.807) is 0 Å². The lowest BCUT2D eigenvalue weighted by atomic mass is 10.0. The summed E-state index contributed by atoms with van der Waals surface area (Å²) in [6.45, 7) is 6.44. The average molecular weight is 403 g/mol. The van der Waals surface area contributed by atoms with Crippen LogP contribution in [-0.2, 0) is 17.9 Å². The molecule has 0 unspecified atom stereocenters. The van der Waals surface area contributed by atoms with Crippen LogP contribution in [0.15, 0.2) is 67.0 Å². The number of fused-ring (bicyclic) bond motifs is 1. The zero-order chi connectivity index (χ0) is 20.9. The van der Waals surface area contributed by atoms with E-state index in [0.29, 0.717) is 0 Å². The minimum Gasteiger partial charge on any atom is -0.353 e. The summed E-state index contributed by atoms with van der Waals surface area (Å²) in [6, 6.07) is 19.2. The van der Waals surface area contributed by atoms with Gasteiger partial charge in [0.2, 0.25) is 5.91 Å². The highest BCUT2D eigenvalue weighted by atomic mass is 16.2. The summed E-state index contributed by atoms with van der Waals surface area (Å²) in [5, 5.41) is 9.26. The number of hydrogen-bond acceptors (Lipinski definition) is 4. The molecule has 3 aromatic rings. The van der Waals surface area contributed by atoms with Gasteiger partial charge in [0.25, 0.3) is 0 Å². The van der Waals surface area contributed by atoms with Crippen LogP contribution in [0.2, 0.25) is 0 Å². The molecular formula is C25H30N4O. The summed E-state index contributed by atoms with van der Waals surface area (Å²) < 4.78 is 0. The molecule has 2 heterocycles. The normalized spacial score (nSPS) is 19.4. The van der Waals surface area contributed by atoms with Crippen molar-refractivity contribution in [2.24, 2.45) is 0 Å². The Labute approximate surface area is 178 Å².